The highest BCUT2D eigenvalue weighted by molar-refractivity contribution is 7.71. The normalized spacial score (nSPS) is 16.3. The molecule has 1 unspecified atom stereocenters. The molecule has 4 nitrogen and oxygen atoms in total. The minimum atomic E-state index is -0.113. The molecule has 1 aliphatic rings. The number of rotatable bonds is 3. The van der Waals surface area contributed by atoms with Gasteiger partial charge in [-0.1, -0.05) is 23.8 Å². The van der Waals surface area contributed by atoms with E-state index in [1.165, 1.54) is 11.1 Å². The summed E-state index contributed by atoms with van der Waals surface area (Å²) in [7, 11) is 0. The molecule has 3 rings (SSSR count). The Morgan fingerprint density at radius 2 is 1.91 bits per heavy atom. The number of aromatic nitrogens is 2. The average Bonchev–Trinajstić information content (AvgIpc) is 2.93. The minimum Gasteiger partial charge on any atom is -0.470 e. The number of benzene rings is 1. The number of nitrogens with zero attached hydrogens (tertiary/aromatic N) is 2. The SMILES string of the molecule is CCn1c2c(c(=O)n(CC)c1=S)CC(c1ccc(C)cc1C)O2. The maximum absolute atomic E-state index is 12.7. The molecular weight excluding hydrogens is 308 g/mol. The smallest absolute Gasteiger partial charge is 0.261 e. The van der Waals surface area contributed by atoms with Crippen molar-refractivity contribution in [2.45, 2.75) is 53.3 Å². The van der Waals surface area contributed by atoms with E-state index in [2.05, 4.69) is 32.0 Å². The van der Waals surface area contributed by atoms with Crippen molar-refractivity contribution in [2.24, 2.45) is 0 Å². The Morgan fingerprint density at radius 1 is 1.22 bits per heavy atom. The highest BCUT2D eigenvalue weighted by Gasteiger charge is 2.31. The monoisotopic (exact) mass is 330 g/mol. The summed E-state index contributed by atoms with van der Waals surface area (Å²) in [6.07, 6.45) is 0.492. The summed E-state index contributed by atoms with van der Waals surface area (Å²) < 4.78 is 10.3. The van der Waals surface area contributed by atoms with Crippen molar-refractivity contribution in [3.8, 4) is 5.88 Å². The molecule has 0 N–H and O–H groups in total. The highest BCUT2D eigenvalue weighted by atomic mass is 32.1. The van der Waals surface area contributed by atoms with Crippen molar-refractivity contribution in [2.75, 3.05) is 0 Å². The number of hydrogen-bond acceptors (Lipinski definition) is 3. The second-order valence-corrected chi connectivity index (χ2v) is 6.40. The van der Waals surface area contributed by atoms with Gasteiger partial charge in [0.1, 0.15) is 6.10 Å². The summed E-state index contributed by atoms with van der Waals surface area (Å²) in [4.78, 5) is 12.7. The maximum Gasteiger partial charge on any atom is 0.261 e. The van der Waals surface area contributed by atoms with E-state index in [-0.39, 0.29) is 11.7 Å². The van der Waals surface area contributed by atoms with Gasteiger partial charge < -0.3 is 4.74 Å². The summed E-state index contributed by atoms with van der Waals surface area (Å²) in [6.45, 7) is 9.41. The Bertz CT molecular complexity index is 880. The quantitative estimate of drug-likeness (QED) is 0.805. The third kappa shape index (κ3) is 2.53. The van der Waals surface area contributed by atoms with E-state index in [0.29, 0.717) is 30.2 Å². The van der Waals surface area contributed by atoms with E-state index in [1.807, 2.05) is 18.4 Å². The standard InChI is InChI=1S/C18H22N2O2S/c1-5-19-16(21)14-10-15(13-8-7-11(3)9-12(13)4)22-17(14)20(6-2)18(19)23/h7-9,15H,5-6,10H2,1-4H3. The Balaban J connectivity index is 2.12. The van der Waals surface area contributed by atoms with Crippen molar-refractivity contribution < 1.29 is 4.74 Å². The molecule has 0 amide bonds. The van der Waals surface area contributed by atoms with Gasteiger partial charge in [-0.15, -0.1) is 0 Å². The van der Waals surface area contributed by atoms with Crippen LogP contribution in [0.25, 0.3) is 0 Å². The topological polar surface area (TPSA) is 36.2 Å². The van der Waals surface area contributed by atoms with Gasteiger partial charge in [0, 0.05) is 19.5 Å². The van der Waals surface area contributed by atoms with Gasteiger partial charge in [-0.25, -0.2) is 0 Å². The molecule has 1 aromatic carbocycles. The van der Waals surface area contributed by atoms with E-state index in [9.17, 15) is 4.79 Å². The lowest BCUT2D eigenvalue weighted by molar-refractivity contribution is 0.218. The lowest BCUT2D eigenvalue weighted by Gasteiger charge is -2.16. The van der Waals surface area contributed by atoms with Crippen LogP contribution in [0.1, 0.15) is 42.2 Å². The minimum absolute atomic E-state index is 0.00975. The number of hydrogen-bond donors (Lipinski definition) is 0. The predicted molar refractivity (Wildman–Crippen MR) is 93.9 cm³/mol. The van der Waals surface area contributed by atoms with Crippen molar-refractivity contribution in [3.05, 3.63) is 55.6 Å². The molecule has 0 aliphatic carbocycles. The molecule has 0 fully saturated rings. The molecule has 0 saturated heterocycles. The van der Waals surface area contributed by atoms with Crippen LogP contribution in [-0.4, -0.2) is 9.13 Å². The van der Waals surface area contributed by atoms with Gasteiger partial charge in [0.2, 0.25) is 5.88 Å². The van der Waals surface area contributed by atoms with E-state index in [1.54, 1.807) is 4.57 Å². The summed E-state index contributed by atoms with van der Waals surface area (Å²) in [5.41, 5.74) is 4.30. The van der Waals surface area contributed by atoms with Crippen molar-refractivity contribution >= 4 is 12.2 Å². The van der Waals surface area contributed by atoms with Crippen molar-refractivity contribution in [3.63, 3.8) is 0 Å². The molecule has 0 spiro atoms. The number of fused-ring (bicyclic) bond motifs is 1. The van der Waals surface area contributed by atoms with Crippen LogP contribution in [-0.2, 0) is 19.5 Å². The first-order chi connectivity index (χ1) is 11.0. The number of ether oxygens (including phenoxy) is 1. The zero-order chi connectivity index (χ0) is 16.7. The lowest BCUT2D eigenvalue weighted by atomic mass is 9.98. The van der Waals surface area contributed by atoms with E-state index in [4.69, 9.17) is 17.0 Å². The molecular formula is C18H22N2O2S. The Kier molecular flexibility index (Phi) is 4.15. The molecule has 1 aliphatic heterocycles. The van der Waals surface area contributed by atoms with E-state index in [0.717, 1.165) is 11.1 Å². The zero-order valence-corrected chi connectivity index (χ0v) is 14.9. The van der Waals surface area contributed by atoms with Crippen LogP contribution < -0.4 is 10.3 Å². The third-order valence-electron chi connectivity index (χ3n) is 4.52. The highest BCUT2D eigenvalue weighted by Crippen LogP contribution is 2.36. The molecule has 2 heterocycles. The second kappa shape index (κ2) is 5.96. The van der Waals surface area contributed by atoms with Crippen LogP contribution in [0.15, 0.2) is 23.0 Å². The molecule has 0 bridgehead atoms. The van der Waals surface area contributed by atoms with Crippen LogP contribution in [0.4, 0.5) is 0 Å². The number of aryl methyl sites for hydroxylation is 2. The molecule has 1 aromatic heterocycles. The van der Waals surface area contributed by atoms with Gasteiger partial charge in [0.05, 0.1) is 5.56 Å². The predicted octanol–water partition coefficient (Wildman–Crippen LogP) is 3.71. The zero-order valence-electron chi connectivity index (χ0n) is 14.0. The molecule has 0 saturated carbocycles. The van der Waals surface area contributed by atoms with Crippen molar-refractivity contribution in [1.29, 1.82) is 0 Å². The molecule has 2 aromatic rings. The van der Waals surface area contributed by atoms with Gasteiger partial charge in [-0.2, -0.15) is 0 Å². The average molecular weight is 330 g/mol. The first-order valence-corrected chi connectivity index (χ1v) is 8.49. The third-order valence-corrected chi connectivity index (χ3v) is 4.96. The Morgan fingerprint density at radius 3 is 2.52 bits per heavy atom. The van der Waals surface area contributed by atoms with Gasteiger partial charge in [-0.05, 0) is 51.0 Å². The van der Waals surface area contributed by atoms with Crippen LogP contribution >= 0.6 is 12.2 Å². The first kappa shape index (κ1) is 16.0. The van der Waals surface area contributed by atoms with Crippen LogP contribution in [0, 0.1) is 18.6 Å². The van der Waals surface area contributed by atoms with Gasteiger partial charge >= 0.3 is 0 Å². The molecule has 1 atom stereocenters. The molecule has 23 heavy (non-hydrogen) atoms. The largest absolute Gasteiger partial charge is 0.470 e. The van der Waals surface area contributed by atoms with Gasteiger partial charge in [0.25, 0.3) is 5.56 Å². The summed E-state index contributed by atoms with van der Waals surface area (Å²) in [6, 6.07) is 6.34. The summed E-state index contributed by atoms with van der Waals surface area (Å²) in [5.74, 6) is 0.650. The van der Waals surface area contributed by atoms with E-state index < -0.39 is 0 Å². The van der Waals surface area contributed by atoms with Gasteiger partial charge in [-0.3, -0.25) is 13.9 Å². The lowest BCUT2D eigenvalue weighted by Crippen LogP contribution is -2.26. The molecule has 5 heteroatoms. The fourth-order valence-corrected chi connectivity index (χ4v) is 3.75. The summed E-state index contributed by atoms with van der Waals surface area (Å²) >= 11 is 5.46. The van der Waals surface area contributed by atoms with Crippen molar-refractivity contribution in [1.82, 2.24) is 9.13 Å². The fraction of sp³-hybridized carbons (Fsp3) is 0.444. The Hall–Kier alpha value is -1.88. The van der Waals surface area contributed by atoms with Crippen LogP contribution in [0.3, 0.4) is 0 Å². The second-order valence-electron chi connectivity index (χ2n) is 6.03. The molecule has 0 radical (unpaired) electrons. The first-order valence-electron chi connectivity index (χ1n) is 8.08. The van der Waals surface area contributed by atoms with Gasteiger partial charge in [0.15, 0.2) is 4.77 Å². The fourth-order valence-electron chi connectivity index (χ4n) is 3.33. The molecule has 122 valence electrons. The summed E-state index contributed by atoms with van der Waals surface area (Å²) in [5, 5.41) is 0. The van der Waals surface area contributed by atoms with Crippen LogP contribution in [0.2, 0.25) is 0 Å². The van der Waals surface area contributed by atoms with E-state index >= 15 is 0 Å². The Labute approximate surface area is 141 Å². The maximum atomic E-state index is 12.7. The van der Waals surface area contributed by atoms with Crippen LogP contribution in [0.5, 0.6) is 5.88 Å².